The lowest BCUT2D eigenvalue weighted by molar-refractivity contribution is -0.179. The van der Waals surface area contributed by atoms with Crippen molar-refractivity contribution in [1.82, 2.24) is 20.5 Å². The molecule has 2 aliphatic heterocycles. The van der Waals surface area contributed by atoms with E-state index in [1.807, 2.05) is 0 Å². The second kappa shape index (κ2) is 12.6. The first-order chi connectivity index (χ1) is 19.3. The molecule has 3 N–H and O–H groups in total. The number of nitrogens with one attached hydrogen (secondary N) is 3. The number of β-lactam (4-membered cyclic amide) rings is 1. The summed E-state index contributed by atoms with van der Waals surface area (Å²) in [6.45, 7) is 13.9. The Morgan fingerprint density at radius 1 is 1.07 bits per heavy atom. The maximum absolute atomic E-state index is 13.5. The predicted octanol–water partition coefficient (Wildman–Crippen LogP) is 2.33. The van der Waals surface area contributed by atoms with Crippen LogP contribution in [0.3, 0.4) is 0 Å². The summed E-state index contributed by atoms with van der Waals surface area (Å²) in [6.07, 6.45) is 1.40. The number of thiazole rings is 1. The summed E-state index contributed by atoms with van der Waals surface area (Å²) in [7, 11) is 0. The van der Waals surface area contributed by atoms with Gasteiger partial charge >= 0.3 is 12.1 Å². The van der Waals surface area contributed by atoms with E-state index >= 15 is 0 Å². The molecule has 3 heterocycles. The number of nitrogens with zero attached hydrogens (tertiary/aromatic N) is 3. The van der Waals surface area contributed by atoms with Crippen LogP contribution in [-0.2, 0) is 33.5 Å². The molecule has 2 saturated heterocycles. The molecule has 4 amide bonds. The van der Waals surface area contributed by atoms with Crippen LogP contribution in [0.1, 0.15) is 80.3 Å². The fraction of sp³-hybridized carbons (Fsp3) is 0.667. The van der Waals surface area contributed by atoms with Gasteiger partial charge in [0.15, 0.2) is 10.8 Å². The van der Waals surface area contributed by atoms with Gasteiger partial charge in [0.05, 0.1) is 6.04 Å². The molecule has 2 atom stereocenters. The van der Waals surface area contributed by atoms with Crippen molar-refractivity contribution < 1.29 is 38.3 Å². The third-order valence-electron chi connectivity index (χ3n) is 5.96. The zero-order chi connectivity index (χ0) is 31.5. The van der Waals surface area contributed by atoms with Gasteiger partial charge in [0.2, 0.25) is 17.4 Å². The topological polar surface area (TPSA) is 178 Å². The zero-order valence-corrected chi connectivity index (χ0v) is 26.1. The number of ether oxygens (including phenoxy) is 2. The number of rotatable bonds is 9. The normalized spacial score (nSPS) is 19.8. The van der Waals surface area contributed by atoms with Crippen molar-refractivity contribution in [3.8, 4) is 0 Å². The van der Waals surface area contributed by atoms with Crippen molar-refractivity contribution >= 4 is 52.0 Å². The minimum Gasteiger partial charge on any atom is -0.457 e. The van der Waals surface area contributed by atoms with Gasteiger partial charge in [0.1, 0.15) is 22.9 Å². The molecule has 0 spiro atoms. The monoisotopic (exact) mass is 608 g/mol. The maximum atomic E-state index is 13.5. The van der Waals surface area contributed by atoms with Crippen LogP contribution in [0.4, 0.5) is 9.93 Å². The summed E-state index contributed by atoms with van der Waals surface area (Å²) >= 11 is 1.01. The van der Waals surface area contributed by atoms with Gasteiger partial charge in [0, 0.05) is 24.9 Å². The quantitative estimate of drug-likeness (QED) is 0.164. The fourth-order valence-electron chi connectivity index (χ4n) is 3.89. The zero-order valence-electron chi connectivity index (χ0n) is 25.3. The third kappa shape index (κ3) is 9.13. The van der Waals surface area contributed by atoms with E-state index in [4.69, 9.17) is 14.3 Å². The van der Waals surface area contributed by atoms with Crippen molar-refractivity contribution in [2.75, 3.05) is 18.4 Å². The summed E-state index contributed by atoms with van der Waals surface area (Å²) in [5.41, 5.74) is -3.44. The van der Waals surface area contributed by atoms with Gasteiger partial charge < -0.3 is 29.8 Å². The van der Waals surface area contributed by atoms with E-state index in [0.29, 0.717) is 13.0 Å². The van der Waals surface area contributed by atoms with Crippen molar-refractivity contribution in [1.29, 1.82) is 0 Å². The molecular formula is C27H40N6O8S. The second-order valence-electron chi connectivity index (χ2n) is 12.6. The van der Waals surface area contributed by atoms with Crippen LogP contribution in [0.5, 0.6) is 0 Å². The van der Waals surface area contributed by atoms with Gasteiger partial charge in [0.25, 0.3) is 5.91 Å². The standard InChI is InChI=1S/C27H40N6O8S/c1-25(2,3)39-22(37)27(7,8)41-32-19(16-14-42-23(29-16)31-24(38)40-26(4,5)6)21(36)30-18-15(28-20(18)35)13-33-12-10-9-11-17(33)34/h14-15,18H,9-13H2,1-8H3,(H,28,35)(H,30,36)(H,29,31,38)/t15-,18-/m0/s1. The highest BCUT2D eigenvalue weighted by Crippen LogP contribution is 2.22. The van der Waals surface area contributed by atoms with Crippen LogP contribution in [0.2, 0.25) is 0 Å². The van der Waals surface area contributed by atoms with Crippen molar-refractivity contribution in [3.05, 3.63) is 11.1 Å². The number of piperidine rings is 1. The fourth-order valence-corrected chi connectivity index (χ4v) is 4.58. The average molecular weight is 609 g/mol. The molecule has 2 aliphatic rings. The molecule has 1 aromatic rings. The summed E-state index contributed by atoms with van der Waals surface area (Å²) in [5.74, 6) is -1.94. The Balaban J connectivity index is 1.82. The molecule has 14 nitrogen and oxygen atoms in total. The summed E-state index contributed by atoms with van der Waals surface area (Å²) in [5, 5.41) is 13.4. The number of hydrogen-bond acceptors (Lipinski definition) is 11. The predicted molar refractivity (Wildman–Crippen MR) is 154 cm³/mol. The van der Waals surface area contributed by atoms with E-state index in [0.717, 1.165) is 24.2 Å². The Morgan fingerprint density at radius 3 is 2.33 bits per heavy atom. The number of oxime groups is 1. The smallest absolute Gasteiger partial charge is 0.413 e. The third-order valence-corrected chi connectivity index (χ3v) is 6.72. The Morgan fingerprint density at radius 2 is 1.74 bits per heavy atom. The van der Waals surface area contributed by atoms with Crippen LogP contribution in [0.25, 0.3) is 0 Å². The van der Waals surface area contributed by atoms with E-state index in [1.165, 1.54) is 19.2 Å². The SMILES string of the molecule is CC(C)(C)OC(=O)Nc1nc(C(=NOC(C)(C)C(=O)OC(C)(C)C)C(=O)N[C@@H]2C(=O)N[C@H]2CN2CCCCC2=O)cs1. The molecule has 42 heavy (non-hydrogen) atoms. The Kier molecular flexibility index (Phi) is 9.85. The second-order valence-corrected chi connectivity index (χ2v) is 13.4. The minimum atomic E-state index is -1.59. The number of esters is 1. The van der Waals surface area contributed by atoms with Crippen LogP contribution in [0.15, 0.2) is 10.5 Å². The number of amides is 4. The molecule has 3 rings (SSSR count). The number of aromatic nitrogens is 1. The lowest BCUT2D eigenvalue weighted by Gasteiger charge is -2.40. The van der Waals surface area contributed by atoms with E-state index < -0.39 is 52.8 Å². The highest BCUT2D eigenvalue weighted by Gasteiger charge is 2.43. The molecule has 1 aromatic heterocycles. The first-order valence-electron chi connectivity index (χ1n) is 13.7. The van der Waals surface area contributed by atoms with Gasteiger partial charge in [-0.2, -0.15) is 0 Å². The molecule has 2 fully saturated rings. The van der Waals surface area contributed by atoms with Crippen LogP contribution >= 0.6 is 11.3 Å². The van der Waals surface area contributed by atoms with Gasteiger partial charge in [-0.05, 0) is 68.2 Å². The largest absolute Gasteiger partial charge is 0.457 e. The lowest BCUT2D eigenvalue weighted by atomic mass is 9.96. The van der Waals surface area contributed by atoms with E-state index in [-0.39, 0.29) is 29.0 Å². The Hall–Kier alpha value is -3.75. The first kappa shape index (κ1) is 32.8. The summed E-state index contributed by atoms with van der Waals surface area (Å²) < 4.78 is 10.6. The van der Waals surface area contributed by atoms with Crippen LogP contribution in [-0.4, -0.2) is 87.4 Å². The van der Waals surface area contributed by atoms with E-state index in [9.17, 15) is 24.0 Å². The highest BCUT2D eigenvalue weighted by atomic mass is 32.1. The molecule has 0 aromatic carbocycles. The van der Waals surface area contributed by atoms with E-state index in [1.54, 1.807) is 46.4 Å². The Labute approximate surface area is 248 Å². The van der Waals surface area contributed by atoms with Gasteiger partial charge in [-0.25, -0.2) is 14.6 Å². The van der Waals surface area contributed by atoms with Crippen LogP contribution in [0, 0.1) is 0 Å². The van der Waals surface area contributed by atoms with Crippen LogP contribution < -0.4 is 16.0 Å². The minimum absolute atomic E-state index is 0.00000818. The molecule has 0 unspecified atom stereocenters. The average Bonchev–Trinajstić information content (AvgIpc) is 3.29. The number of carbonyl (C=O) groups excluding carboxylic acids is 5. The number of carbonyl (C=O) groups is 5. The van der Waals surface area contributed by atoms with Gasteiger partial charge in [-0.1, -0.05) is 5.16 Å². The van der Waals surface area contributed by atoms with Crippen molar-refractivity contribution in [3.63, 3.8) is 0 Å². The van der Waals surface area contributed by atoms with E-state index in [2.05, 4.69) is 26.1 Å². The number of anilines is 1. The van der Waals surface area contributed by atoms with Crippen molar-refractivity contribution in [2.45, 2.75) is 104 Å². The summed E-state index contributed by atoms with van der Waals surface area (Å²) in [6, 6.07) is -1.43. The Bertz CT molecular complexity index is 1250. The number of hydrogen-bond donors (Lipinski definition) is 3. The maximum Gasteiger partial charge on any atom is 0.413 e. The first-order valence-corrected chi connectivity index (χ1v) is 14.6. The van der Waals surface area contributed by atoms with Gasteiger partial charge in [-0.3, -0.25) is 19.7 Å². The number of likely N-dealkylation sites (tertiary alicyclic amines) is 1. The molecule has 232 valence electrons. The van der Waals surface area contributed by atoms with Gasteiger partial charge in [-0.15, -0.1) is 11.3 Å². The molecule has 0 radical (unpaired) electrons. The highest BCUT2D eigenvalue weighted by molar-refractivity contribution is 7.14. The molecule has 0 aliphatic carbocycles. The molecular weight excluding hydrogens is 568 g/mol. The lowest BCUT2D eigenvalue weighted by Crippen LogP contribution is -2.72. The molecule has 0 saturated carbocycles. The van der Waals surface area contributed by atoms with Crippen molar-refractivity contribution in [2.24, 2.45) is 5.16 Å². The molecule has 15 heteroatoms. The molecule has 0 bridgehead atoms. The summed E-state index contributed by atoms with van der Waals surface area (Å²) in [4.78, 5) is 74.5.